The van der Waals surface area contributed by atoms with E-state index in [0.717, 1.165) is 22.0 Å². The molecule has 0 saturated heterocycles. The summed E-state index contributed by atoms with van der Waals surface area (Å²) in [5.74, 6) is 0.768. The Morgan fingerprint density at radius 2 is 2.05 bits per heavy atom. The molecule has 2 aromatic heterocycles. The number of nitrogen functional groups attached to an aromatic ring is 1. The fourth-order valence-corrected chi connectivity index (χ4v) is 3.05. The van der Waals surface area contributed by atoms with Crippen molar-refractivity contribution in [2.24, 2.45) is 0 Å². The molecule has 0 bridgehead atoms. The minimum Gasteiger partial charge on any atom is -0.494 e. The minimum absolute atomic E-state index is 0.668. The van der Waals surface area contributed by atoms with E-state index in [1.54, 1.807) is 23.1 Å². The number of para-hydroxylation sites is 2. The van der Waals surface area contributed by atoms with E-state index in [-0.39, 0.29) is 0 Å². The van der Waals surface area contributed by atoms with Crippen LogP contribution in [0.25, 0.3) is 16.3 Å². The van der Waals surface area contributed by atoms with Crippen molar-refractivity contribution >= 4 is 17.0 Å². The van der Waals surface area contributed by atoms with E-state index >= 15 is 0 Å². The minimum atomic E-state index is 0.668. The van der Waals surface area contributed by atoms with E-state index in [9.17, 15) is 0 Å². The number of ether oxygens (including phenoxy) is 1. The number of anilines is 1. The summed E-state index contributed by atoms with van der Waals surface area (Å²) in [5, 5.41) is 6.66. The summed E-state index contributed by atoms with van der Waals surface area (Å²) in [6.07, 6.45) is 1.83. The number of aryl methyl sites for hydroxylation is 1. The Balaban J connectivity index is 2.12. The van der Waals surface area contributed by atoms with Crippen molar-refractivity contribution in [1.29, 1.82) is 0 Å². The molecule has 102 valence electrons. The van der Waals surface area contributed by atoms with Crippen molar-refractivity contribution in [3.05, 3.63) is 47.5 Å². The van der Waals surface area contributed by atoms with Gasteiger partial charge in [0.1, 0.15) is 17.1 Å². The fraction of sp³-hybridized carbons (Fsp3) is 0.133. The number of methoxy groups -OCH3 is 1. The van der Waals surface area contributed by atoms with Crippen LogP contribution in [0.5, 0.6) is 5.75 Å². The molecule has 0 amide bonds. The molecule has 0 fully saturated rings. The van der Waals surface area contributed by atoms with Crippen LogP contribution in [-0.2, 0) is 0 Å². The number of nitrogens with two attached hydrogens (primary N) is 1. The topological polar surface area (TPSA) is 53.1 Å². The molecule has 1 aromatic carbocycles. The summed E-state index contributed by atoms with van der Waals surface area (Å²) in [6, 6.07) is 9.81. The third kappa shape index (κ3) is 2.06. The lowest BCUT2D eigenvalue weighted by atomic mass is 10.2. The number of hydrogen-bond donors (Lipinski definition) is 1. The molecule has 0 aliphatic heterocycles. The molecule has 0 aliphatic rings. The Labute approximate surface area is 121 Å². The maximum Gasteiger partial charge on any atom is 0.144 e. The van der Waals surface area contributed by atoms with Crippen LogP contribution in [0.3, 0.4) is 0 Å². The fourth-order valence-electron chi connectivity index (χ4n) is 2.12. The van der Waals surface area contributed by atoms with Crippen LogP contribution >= 0.6 is 11.3 Å². The molecule has 0 spiro atoms. The Kier molecular flexibility index (Phi) is 3.20. The van der Waals surface area contributed by atoms with Crippen molar-refractivity contribution in [3.63, 3.8) is 0 Å². The highest BCUT2D eigenvalue weighted by Gasteiger charge is 2.14. The van der Waals surface area contributed by atoms with Crippen molar-refractivity contribution in [2.45, 2.75) is 6.92 Å². The maximum absolute atomic E-state index is 6.11. The zero-order valence-corrected chi connectivity index (χ0v) is 12.1. The molecular weight excluding hydrogens is 270 g/mol. The molecule has 20 heavy (non-hydrogen) atoms. The van der Waals surface area contributed by atoms with Gasteiger partial charge in [0.2, 0.25) is 0 Å². The van der Waals surface area contributed by atoms with Gasteiger partial charge in [-0.2, -0.15) is 5.10 Å². The molecule has 0 unspecified atom stereocenters. The first-order valence-electron chi connectivity index (χ1n) is 6.23. The van der Waals surface area contributed by atoms with Crippen LogP contribution in [0.2, 0.25) is 0 Å². The second-order valence-corrected chi connectivity index (χ2v) is 5.40. The van der Waals surface area contributed by atoms with Crippen LogP contribution in [-0.4, -0.2) is 16.9 Å². The number of benzene rings is 1. The lowest BCUT2D eigenvalue weighted by molar-refractivity contribution is 0.412. The van der Waals surface area contributed by atoms with E-state index in [1.165, 1.54) is 5.56 Å². The molecule has 0 atom stereocenters. The van der Waals surface area contributed by atoms with Gasteiger partial charge in [0.05, 0.1) is 23.9 Å². The van der Waals surface area contributed by atoms with Gasteiger partial charge >= 0.3 is 0 Å². The van der Waals surface area contributed by atoms with Gasteiger partial charge in [0.25, 0.3) is 0 Å². The van der Waals surface area contributed by atoms with Crippen LogP contribution in [0.15, 0.2) is 41.9 Å². The van der Waals surface area contributed by atoms with E-state index in [0.29, 0.717) is 5.69 Å². The third-order valence-corrected chi connectivity index (χ3v) is 4.17. The standard InChI is InChI=1S/C15H15N3OS/c1-10-7-8-20-15(10)14-11(16)9-18(17-14)12-5-3-4-6-13(12)19-2/h3-9H,16H2,1-2H3. The molecule has 3 aromatic rings. The Morgan fingerprint density at radius 3 is 2.75 bits per heavy atom. The summed E-state index contributed by atoms with van der Waals surface area (Å²) in [6.45, 7) is 2.06. The first-order valence-corrected chi connectivity index (χ1v) is 7.11. The molecule has 0 saturated carbocycles. The van der Waals surface area contributed by atoms with Crippen molar-refractivity contribution in [1.82, 2.24) is 9.78 Å². The van der Waals surface area contributed by atoms with Crippen LogP contribution in [0.4, 0.5) is 5.69 Å². The summed E-state index contributed by atoms with van der Waals surface area (Å²) in [5.41, 5.74) is 9.67. The van der Waals surface area contributed by atoms with Gasteiger partial charge < -0.3 is 10.5 Å². The summed E-state index contributed by atoms with van der Waals surface area (Å²) in [7, 11) is 1.65. The number of rotatable bonds is 3. The first kappa shape index (κ1) is 12.7. The van der Waals surface area contributed by atoms with E-state index < -0.39 is 0 Å². The normalized spacial score (nSPS) is 10.7. The number of thiophene rings is 1. The molecule has 5 heteroatoms. The molecule has 0 aliphatic carbocycles. The number of nitrogens with zero attached hydrogens (tertiary/aromatic N) is 2. The average molecular weight is 285 g/mol. The zero-order valence-electron chi connectivity index (χ0n) is 11.3. The molecule has 4 nitrogen and oxygen atoms in total. The van der Waals surface area contributed by atoms with Gasteiger partial charge in [-0.15, -0.1) is 11.3 Å². The monoisotopic (exact) mass is 285 g/mol. The van der Waals surface area contributed by atoms with Gasteiger partial charge in [-0.25, -0.2) is 4.68 Å². The Bertz CT molecular complexity index is 745. The van der Waals surface area contributed by atoms with Gasteiger partial charge in [0.15, 0.2) is 0 Å². The highest BCUT2D eigenvalue weighted by Crippen LogP contribution is 2.33. The van der Waals surface area contributed by atoms with Crippen molar-refractivity contribution in [2.75, 3.05) is 12.8 Å². The van der Waals surface area contributed by atoms with Gasteiger partial charge in [-0.3, -0.25) is 0 Å². The van der Waals surface area contributed by atoms with Crippen molar-refractivity contribution in [3.8, 4) is 22.0 Å². The molecular formula is C15H15N3OS. The molecule has 2 N–H and O–H groups in total. The van der Waals surface area contributed by atoms with Crippen molar-refractivity contribution < 1.29 is 4.74 Å². The SMILES string of the molecule is COc1ccccc1-n1cc(N)c(-c2sccc2C)n1. The average Bonchev–Trinajstić information content (AvgIpc) is 3.04. The third-order valence-electron chi connectivity index (χ3n) is 3.15. The van der Waals surface area contributed by atoms with E-state index in [4.69, 9.17) is 10.5 Å². The maximum atomic E-state index is 6.11. The van der Waals surface area contributed by atoms with Gasteiger partial charge in [0, 0.05) is 0 Å². The highest BCUT2D eigenvalue weighted by atomic mass is 32.1. The van der Waals surface area contributed by atoms with E-state index in [1.807, 2.05) is 35.8 Å². The molecule has 3 rings (SSSR count). The Hall–Kier alpha value is -2.27. The quantitative estimate of drug-likeness (QED) is 0.801. The lowest BCUT2D eigenvalue weighted by Crippen LogP contribution is -1.98. The van der Waals surface area contributed by atoms with Crippen LogP contribution in [0.1, 0.15) is 5.56 Å². The van der Waals surface area contributed by atoms with Crippen LogP contribution < -0.4 is 10.5 Å². The summed E-state index contributed by atoms with van der Waals surface area (Å²) in [4.78, 5) is 1.11. The van der Waals surface area contributed by atoms with Gasteiger partial charge in [-0.1, -0.05) is 12.1 Å². The number of aromatic nitrogens is 2. The zero-order chi connectivity index (χ0) is 14.1. The molecule has 2 heterocycles. The predicted molar refractivity (Wildman–Crippen MR) is 82.6 cm³/mol. The Morgan fingerprint density at radius 1 is 1.25 bits per heavy atom. The van der Waals surface area contributed by atoms with E-state index in [2.05, 4.69) is 18.1 Å². The first-order chi connectivity index (χ1) is 9.70. The van der Waals surface area contributed by atoms with Crippen LogP contribution in [0, 0.1) is 6.92 Å². The second kappa shape index (κ2) is 5.02. The predicted octanol–water partition coefficient (Wildman–Crippen LogP) is 3.50. The number of hydrogen-bond acceptors (Lipinski definition) is 4. The molecule has 0 radical (unpaired) electrons. The smallest absolute Gasteiger partial charge is 0.144 e. The largest absolute Gasteiger partial charge is 0.494 e. The second-order valence-electron chi connectivity index (χ2n) is 4.48. The van der Waals surface area contributed by atoms with Gasteiger partial charge in [-0.05, 0) is 36.1 Å². The summed E-state index contributed by atoms with van der Waals surface area (Å²) >= 11 is 1.65. The highest BCUT2D eigenvalue weighted by molar-refractivity contribution is 7.13. The summed E-state index contributed by atoms with van der Waals surface area (Å²) < 4.78 is 7.13. The lowest BCUT2D eigenvalue weighted by Gasteiger charge is -2.07.